The second-order valence-electron chi connectivity index (χ2n) is 4.34. The van der Waals surface area contributed by atoms with E-state index in [1.165, 1.54) is 11.1 Å². The highest BCUT2D eigenvalue weighted by Crippen LogP contribution is 2.13. The zero-order valence-corrected chi connectivity index (χ0v) is 11.4. The molecule has 0 aliphatic carbocycles. The van der Waals surface area contributed by atoms with Crippen LogP contribution >= 0.6 is 11.6 Å². The lowest BCUT2D eigenvalue weighted by molar-refractivity contribution is 0.883. The predicted molar refractivity (Wildman–Crippen MR) is 74.9 cm³/mol. The zero-order chi connectivity index (χ0) is 13.0. The van der Waals surface area contributed by atoms with E-state index in [-0.39, 0.29) is 0 Å². The number of benzene rings is 1. The smallest absolute Gasteiger partial charge is 0.147 e. The Labute approximate surface area is 112 Å². The summed E-state index contributed by atoms with van der Waals surface area (Å²) in [6, 6.07) is 8.46. The van der Waals surface area contributed by atoms with Crippen molar-refractivity contribution >= 4 is 17.4 Å². The number of aromatic nitrogens is 2. The van der Waals surface area contributed by atoms with Crippen LogP contribution in [0.15, 0.2) is 36.7 Å². The van der Waals surface area contributed by atoms with Gasteiger partial charge in [-0.05, 0) is 12.5 Å². The predicted octanol–water partition coefficient (Wildman–Crippen LogP) is 3.16. The Morgan fingerprint density at radius 3 is 2.67 bits per heavy atom. The number of aryl methyl sites for hydroxylation is 1. The summed E-state index contributed by atoms with van der Waals surface area (Å²) in [4.78, 5) is 10.7. The molecule has 3 nitrogen and oxygen atoms in total. The Morgan fingerprint density at radius 1 is 1.22 bits per heavy atom. The molecule has 0 unspecified atom stereocenters. The lowest BCUT2D eigenvalue weighted by atomic mass is 10.1. The molecule has 2 aromatic rings. The SMILES string of the molecule is Cc1cccc(CN(C)c2cnc(CCl)cn2)c1. The fourth-order valence-corrected chi connectivity index (χ4v) is 1.92. The largest absolute Gasteiger partial charge is 0.354 e. The quantitative estimate of drug-likeness (QED) is 0.792. The van der Waals surface area contributed by atoms with Gasteiger partial charge in [-0.2, -0.15) is 0 Å². The van der Waals surface area contributed by atoms with Crippen molar-refractivity contribution in [3.63, 3.8) is 0 Å². The average Bonchev–Trinajstić information content (AvgIpc) is 2.39. The molecular formula is C14H16ClN3. The lowest BCUT2D eigenvalue weighted by Gasteiger charge is -2.18. The molecule has 2 rings (SSSR count). The fraction of sp³-hybridized carbons (Fsp3) is 0.286. The van der Waals surface area contributed by atoms with Crippen LogP contribution in [-0.4, -0.2) is 17.0 Å². The number of nitrogens with zero attached hydrogens (tertiary/aromatic N) is 3. The molecule has 1 heterocycles. The minimum absolute atomic E-state index is 0.398. The monoisotopic (exact) mass is 261 g/mol. The van der Waals surface area contributed by atoms with Gasteiger partial charge in [0.25, 0.3) is 0 Å². The van der Waals surface area contributed by atoms with Gasteiger partial charge in [0, 0.05) is 13.6 Å². The van der Waals surface area contributed by atoms with Crippen LogP contribution in [-0.2, 0) is 12.4 Å². The molecule has 0 aliphatic heterocycles. The van der Waals surface area contributed by atoms with E-state index in [1.54, 1.807) is 12.4 Å². The van der Waals surface area contributed by atoms with Crippen molar-refractivity contribution in [2.75, 3.05) is 11.9 Å². The van der Waals surface area contributed by atoms with Crippen molar-refractivity contribution in [3.8, 4) is 0 Å². The molecule has 0 aliphatic rings. The van der Waals surface area contributed by atoms with Crippen LogP contribution in [0.2, 0.25) is 0 Å². The van der Waals surface area contributed by atoms with Gasteiger partial charge in [0.2, 0.25) is 0 Å². The third-order valence-corrected chi connectivity index (χ3v) is 3.00. The summed E-state index contributed by atoms with van der Waals surface area (Å²) < 4.78 is 0. The van der Waals surface area contributed by atoms with Crippen molar-refractivity contribution in [1.29, 1.82) is 0 Å². The Bertz CT molecular complexity index is 511. The molecule has 94 valence electrons. The number of halogens is 1. The molecule has 0 saturated carbocycles. The molecule has 18 heavy (non-hydrogen) atoms. The summed E-state index contributed by atoms with van der Waals surface area (Å²) in [5.41, 5.74) is 3.33. The summed E-state index contributed by atoms with van der Waals surface area (Å²) in [5, 5.41) is 0. The highest BCUT2D eigenvalue weighted by Gasteiger charge is 2.04. The molecule has 0 fully saturated rings. The lowest BCUT2D eigenvalue weighted by Crippen LogP contribution is -2.18. The van der Waals surface area contributed by atoms with Gasteiger partial charge in [-0.15, -0.1) is 11.6 Å². The molecular weight excluding hydrogens is 246 g/mol. The number of hydrogen-bond donors (Lipinski definition) is 0. The molecule has 4 heteroatoms. The third kappa shape index (κ3) is 3.20. The highest BCUT2D eigenvalue weighted by molar-refractivity contribution is 6.16. The Morgan fingerprint density at radius 2 is 2.06 bits per heavy atom. The molecule has 1 aromatic carbocycles. The summed E-state index contributed by atoms with van der Waals surface area (Å²) in [7, 11) is 2.01. The molecule has 1 aromatic heterocycles. The van der Waals surface area contributed by atoms with Gasteiger partial charge in [0.15, 0.2) is 0 Å². The van der Waals surface area contributed by atoms with E-state index in [2.05, 4.69) is 46.1 Å². The summed E-state index contributed by atoms with van der Waals surface area (Å²) in [6.45, 7) is 2.91. The standard InChI is InChI=1S/C14H16ClN3/c1-11-4-3-5-12(6-11)10-18(2)14-9-16-13(7-15)8-17-14/h3-6,8-9H,7,10H2,1-2H3. The maximum atomic E-state index is 5.69. The van der Waals surface area contributed by atoms with Gasteiger partial charge >= 0.3 is 0 Å². The van der Waals surface area contributed by atoms with Crippen molar-refractivity contribution in [2.24, 2.45) is 0 Å². The van der Waals surface area contributed by atoms with Crippen molar-refractivity contribution < 1.29 is 0 Å². The van der Waals surface area contributed by atoms with Gasteiger partial charge in [-0.25, -0.2) is 4.98 Å². The van der Waals surface area contributed by atoms with E-state index in [9.17, 15) is 0 Å². The first kappa shape index (κ1) is 12.8. The van der Waals surface area contributed by atoms with Gasteiger partial charge in [-0.1, -0.05) is 29.8 Å². The number of anilines is 1. The van der Waals surface area contributed by atoms with Crippen molar-refractivity contribution in [1.82, 2.24) is 9.97 Å². The van der Waals surface area contributed by atoms with Crippen LogP contribution in [0.1, 0.15) is 16.8 Å². The van der Waals surface area contributed by atoms with Crippen LogP contribution in [0.25, 0.3) is 0 Å². The minimum Gasteiger partial charge on any atom is -0.354 e. The van der Waals surface area contributed by atoms with Gasteiger partial charge in [0.05, 0.1) is 24.0 Å². The number of hydrogen-bond acceptors (Lipinski definition) is 3. The second-order valence-corrected chi connectivity index (χ2v) is 4.61. The highest BCUT2D eigenvalue weighted by atomic mass is 35.5. The average molecular weight is 262 g/mol. The maximum absolute atomic E-state index is 5.69. The van der Waals surface area contributed by atoms with Crippen LogP contribution in [0.5, 0.6) is 0 Å². The molecule has 0 bridgehead atoms. The van der Waals surface area contributed by atoms with Crippen LogP contribution < -0.4 is 4.90 Å². The van der Waals surface area contributed by atoms with E-state index in [1.807, 2.05) is 7.05 Å². The fourth-order valence-electron chi connectivity index (χ4n) is 1.78. The van der Waals surface area contributed by atoms with Crippen molar-refractivity contribution in [3.05, 3.63) is 53.5 Å². The van der Waals surface area contributed by atoms with E-state index in [0.29, 0.717) is 5.88 Å². The molecule has 0 atom stereocenters. The minimum atomic E-state index is 0.398. The Balaban J connectivity index is 2.09. The van der Waals surface area contributed by atoms with Crippen LogP contribution in [0.3, 0.4) is 0 Å². The first-order chi connectivity index (χ1) is 8.69. The Kier molecular flexibility index (Phi) is 4.15. The molecule has 0 amide bonds. The first-order valence-electron chi connectivity index (χ1n) is 5.82. The van der Waals surface area contributed by atoms with Gasteiger partial charge in [0.1, 0.15) is 5.82 Å². The topological polar surface area (TPSA) is 29.0 Å². The summed E-state index contributed by atoms with van der Waals surface area (Å²) in [5.74, 6) is 1.25. The van der Waals surface area contributed by atoms with Gasteiger partial charge in [-0.3, -0.25) is 4.98 Å². The summed E-state index contributed by atoms with van der Waals surface area (Å²) in [6.07, 6.45) is 3.47. The van der Waals surface area contributed by atoms with E-state index < -0.39 is 0 Å². The molecule has 0 spiro atoms. The molecule has 0 N–H and O–H groups in total. The number of alkyl halides is 1. The Hall–Kier alpha value is -1.61. The number of rotatable bonds is 4. The first-order valence-corrected chi connectivity index (χ1v) is 6.36. The second kappa shape index (κ2) is 5.83. The van der Waals surface area contributed by atoms with E-state index >= 15 is 0 Å². The van der Waals surface area contributed by atoms with Crippen LogP contribution in [0, 0.1) is 6.92 Å². The molecule has 0 radical (unpaired) electrons. The van der Waals surface area contributed by atoms with Crippen molar-refractivity contribution in [2.45, 2.75) is 19.3 Å². The van der Waals surface area contributed by atoms with E-state index in [0.717, 1.165) is 18.1 Å². The van der Waals surface area contributed by atoms with Crippen LogP contribution in [0.4, 0.5) is 5.82 Å². The van der Waals surface area contributed by atoms with E-state index in [4.69, 9.17) is 11.6 Å². The normalized spacial score (nSPS) is 10.4. The third-order valence-electron chi connectivity index (χ3n) is 2.72. The molecule has 0 saturated heterocycles. The zero-order valence-electron chi connectivity index (χ0n) is 10.6. The van der Waals surface area contributed by atoms with Gasteiger partial charge < -0.3 is 4.90 Å². The maximum Gasteiger partial charge on any atom is 0.147 e. The summed E-state index contributed by atoms with van der Waals surface area (Å²) >= 11 is 5.69.